The monoisotopic (exact) mass is 208 g/mol. The van der Waals surface area contributed by atoms with E-state index in [9.17, 15) is 8.42 Å². The van der Waals surface area contributed by atoms with Crippen LogP contribution in [0.25, 0.3) is 0 Å². The Hall–Kier alpha value is -0.130. The molecule has 0 heterocycles. The Morgan fingerprint density at radius 1 is 1.00 bits per heavy atom. The molecule has 4 nitrogen and oxygen atoms in total. The number of nitrogens with two attached hydrogens (primary N) is 1. The molecule has 0 saturated heterocycles. The van der Waals surface area contributed by atoms with Crippen molar-refractivity contribution >= 4 is 10.0 Å². The highest BCUT2D eigenvalue weighted by molar-refractivity contribution is 7.89. The quantitative estimate of drug-likeness (QED) is 0.741. The van der Waals surface area contributed by atoms with Crippen LogP contribution in [-0.2, 0) is 10.0 Å². The zero-order valence-corrected chi connectivity index (χ0v) is 9.80. The molecule has 0 aliphatic carbocycles. The van der Waals surface area contributed by atoms with Gasteiger partial charge >= 0.3 is 0 Å². The van der Waals surface area contributed by atoms with Crippen LogP contribution in [0.3, 0.4) is 0 Å². The van der Waals surface area contributed by atoms with Crippen LogP contribution in [0.15, 0.2) is 0 Å². The van der Waals surface area contributed by atoms with Crippen molar-refractivity contribution in [3.8, 4) is 0 Å². The molecule has 0 aliphatic heterocycles. The van der Waals surface area contributed by atoms with Gasteiger partial charge in [0.05, 0.1) is 0 Å². The summed E-state index contributed by atoms with van der Waals surface area (Å²) in [6, 6.07) is 0.349. The Balaban J connectivity index is 4.77. The van der Waals surface area contributed by atoms with Crippen molar-refractivity contribution in [2.24, 2.45) is 5.14 Å². The van der Waals surface area contributed by atoms with Crippen molar-refractivity contribution in [1.82, 2.24) is 4.90 Å². The molecule has 0 spiro atoms. The first-order valence-electron chi connectivity index (χ1n) is 4.47. The lowest BCUT2D eigenvalue weighted by atomic mass is 10.2. The molecule has 5 heteroatoms. The number of hydrogen-bond acceptors (Lipinski definition) is 3. The maximum atomic E-state index is 11.1. The minimum Gasteiger partial charge on any atom is -0.281 e. The van der Waals surface area contributed by atoms with Crippen LogP contribution in [0.5, 0.6) is 0 Å². The molecule has 1 atom stereocenters. The summed E-state index contributed by atoms with van der Waals surface area (Å²) in [5.74, 6) is 0. The lowest BCUT2D eigenvalue weighted by Gasteiger charge is -2.34. The third kappa shape index (κ3) is 3.62. The van der Waals surface area contributed by atoms with Crippen molar-refractivity contribution < 1.29 is 8.42 Å². The van der Waals surface area contributed by atoms with Gasteiger partial charge in [-0.3, -0.25) is 4.90 Å². The number of nitrogens with zero attached hydrogens (tertiary/aromatic N) is 1. The smallest absolute Gasteiger partial charge is 0.225 e. The summed E-state index contributed by atoms with van der Waals surface area (Å²) in [4.78, 5) is 1.87. The van der Waals surface area contributed by atoms with Crippen molar-refractivity contribution in [2.45, 2.75) is 52.1 Å². The van der Waals surface area contributed by atoms with E-state index in [1.807, 2.05) is 32.6 Å². The standard InChI is InChI=1S/C8H20N2O2S/c1-6(2)10(7(3)4)8(5)13(9,11)12/h6-8H,1-5H3,(H2,9,11,12). The molecule has 2 N–H and O–H groups in total. The second-order valence-corrected chi connectivity index (χ2v) is 5.68. The summed E-state index contributed by atoms with van der Waals surface area (Å²) >= 11 is 0. The van der Waals surface area contributed by atoms with Crippen molar-refractivity contribution in [1.29, 1.82) is 0 Å². The van der Waals surface area contributed by atoms with Gasteiger partial charge in [-0.15, -0.1) is 0 Å². The molecule has 0 fully saturated rings. The first-order chi connectivity index (χ1) is 5.68. The van der Waals surface area contributed by atoms with E-state index in [-0.39, 0.29) is 12.1 Å². The van der Waals surface area contributed by atoms with Gasteiger partial charge in [0.1, 0.15) is 5.37 Å². The fraction of sp³-hybridized carbons (Fsp3) is 1.00. The van der Waals surface area contributed by atoms with Gasteiger partial charge in [-0.25, -0.2) is 13.6 Å². The van der Waals surface area contributed by atoms with Crippen LogP contribution < -0.4 is 5.14 Å². The highest BCUT2D eigenvalue weighted by Crippen LogP contribution is 2.12. The van der Waals surface area contributed by atoms with Gasteiger partial charge in [-0.05, 0) is 34.6 Å². The minimum atomic E-state index is -3.47. The Morgan fingerprint density at radius 2 is 1.31 bits per heavy atom. The molecule has 0 amide bonds. The van der Waals surface area contributed by atoms with Crippen LogP contribution in [0.1, 0.15) is 34.6 Å². The van der Waals surface area contributed by atoms with Gasteiger partial charge in [0.25, 0.3) is 0 Å². The molecular formula is C8H20N2O2S. The number of primary sulfonamides is 1. The molecule has 0 aromatic heterocycles. The minimum absolute atomic E-state index is 0.174. The first-order valence-corrected chi connectivity index (χ1v) is 6.08. The van der Waals surface area contributed by atoms with E-state index in [4.69, 9.17) is 5.14 Å². The van der Waals surface area contributed by atoms with Crippen LogP contribution >= 0.6 is 0 Å². The van der Waals surface area contributed by atoms with Gasteiger partial charge in [-0.1, -0.05) is 0 Å². The van der Waals surface area contributed by atoms with Crippen molar-refractivity contribution in [2.75, 3.05) is 0 Å². The zero-order chi connectivity index (χ0) is 10.8. The van der Waals surface area contributed by atoms with Crippen LogP contribution in [0.2, 0.25) is 0 Å². The van der Waals surface area contributed by atoms with Crippen molar-refractivity contribution in [3.05, 3.63) is 0 Å². The number of rotatable bonds is 4. The maximum absolute atomic E-state index is 11.1. The Morgan fingerprint density at radius 3 is 1.38 bits per heavy atom. The second kappa shape index (κ2) is 4.39. The van der Waals surface area contributed by atoms with E-state index in [0.29, 0.717) is 0 Å². The van der Waals surface area contributed by atoms with E-state index < -0.39 is 15.4 Å². The third-order valence-corrected chi connectivity index (χ3v) is 3.28. The van der Waals surface area contributed by atoms with Gasteiger partial charge in [0, 0.05) is 12.1 Å². The van der Waals surface area contributed by atoms with E-state index >= 15 is 0 Å². The zero-order valence-electron chi connectivity index (χ0n) is 8.98. The summed E-state index contributed by atoms with van der Waals surface area (Å²) in [6.45, 7) is 9.46. The first kappa shape index (κ1) is 12.9. The second-order valence-electron chi connectivity index (χ2n) is 3.82. The van der Waals surface area contributed by atoms with E-state index in [1.165, 1.54) is 0 Å². The summed E-state index contributed by atoms with van der Waals surface area (Å²) in [7, 11) is -3.47. The molecule has 0 aromatic rings. The van der Waals surface area contributed by atoms with Crippen LogP contribution in [-0.4, -0.2) is 30.8 Å². The van der Waals surface area contributed by atoms with Crippen molar-refractivity contribution in [3.63, 3.8) is 0 Å². The normalized spacial score (nSPS) is 15.8. The highest BCUT2D eigenvalue weighted by atomic mass is 32.2. The Labute approximate surface area is 81.2 Å². The van der Waals surface area contributed by atoms with E-state index in [1.54, 1.807) is 6.92 Å². The Bertz CT molecular complexity index is 239. The van der Waals surface area contributed by atoms with E-state index in [0.717, 1.165) is 0 Å². The molecule has 0 rings (SSSR count). The maximum Gasteiger partial charge on any atom is 0.225 e. The topological polar surface area (TPSA) is 63.4 Å². The van der Waals surface area contributed by atoms with Crippen LogP contribution in [0, 0.1) is 0 Å². The van der Waals surface area contributed by atoms with Gasteiger partial charge in [-0.2, -0.15) is 0 Å². The van der Waals surface area contributed by atoms with Gasteiger partial charge in [0.15, 0.2) is 0 Å². The van der Waals surface area contributed by atoms with Gasteiger partial charge < -0.3 is 0 Å². The molecule has 0 aliphatic rings. The predicted molar refractivity (Wildman–Crippen MR) is 54.7 cm³/mol. The van der Waals surface area contributed by atoms with E-state index in [2.05, 4.69) is 0 Å². The molecule has 0 aromatic carbocycles. The molecule has 0 radical (unpaired) electrons. The van der Waals surface area contributed by atoms with Gasteiger partial charge in [0.2, 0.25) is 10.0 Å². The molecule has 1 unspecified atom stereocenters. The largest absolute Gasteiger partial charge is 0.281 e. The molecule has 13 heavy (non-hydrogen) atoms. The summed E-state index contributed by atoms with van der Waals surface area (Å²) in [5, 5.41) is 4.47. The lowest BCUT2D eigenvalue weighted by molar-refractivity contribution is 0.162. The summed E-state index contributed by atoms with van der Waals surface area (Å²) in [6.07, 6.45) is 0. The average Bonchev–Trinajstić information content (AvgIpc) is 1.82. The fourth-order valence-electron chi connectivity index (χ4n) is 1.61. The number of sulfonamides is 1. The molecule has 80 valence electrons. The Kier molecular flexibility index (Phi) is 4.35. The third-order valence-electron chi connectivity index (χ3n) is 2.09. The molecule has 0 bridgehead atoms. The number of hydrogen-bond donors (Lipinski definition) is 1. The predicted octanol–water partition coefficient (Wildman–Crippen LogP) is 0.740. The SMILES string of the molecule is CC(C)N(C(C)C)C(C)S(N)(=O)=O. The summed E-state index contributed by atoms with van der Waals surface area (Å²) < 4.78 is 22.2. The summed E-state index contributed by atoms with van der Waals surface area (Å²) in [5.41, 5.74) is 0. The lowest BCUT2D eigenvalue weighted by Crippen LogP contribution is -2.49. The van der Waals surface area contributed by atoms with Crippen LogP contribution in [0.4, 0.5) is 0 Å². The fourth-order valence-corrected chi connectivity index (χ4v) is 2.43. The average molecular weight is 208 g/mol. The highest BCUT2D eigenvalue weighted by Gasteiger charge is 2.27. The molecule has 0 saturated carbocycles. The molecular weight excluding hydrogens is 188 g/mol.